The lowest BCUT2D eigenvalue weighted by molar-refractivity contribution is -0.138. The molecule has 0 aliphatic carbocycles. The molecule has 0 amide bonds. The Morgan fingerprint density at radius 3 is 0.900 bits per heavy atom. The van der Waals surface area contributed by atoms with Crippen LogP contribution in [0, 0.1) is 20.8 Å². The van der Waals surface area contributed by atoms with Gasteiger partial charge in [0, 0.05) is 49.2 Å². The summed E-state index contributed by atoms with van der Waals surface area (Å²) < 4.78 is 80.0. The fourth-order valence-corrected chi connectivity index (χ4v) is 8.07. The van der Waals surface area contributed by atoms with Crippen molar-refractivity contribution in [3.63, 3.8) is 0 Å². The zero-order valence-electron chi connectivity index (χ0n) is 38.1. The highest BCUT2D eigenvalue weighted by molar-refractivity contribution is 6.31. The predicted octanol–water partition coefficient (Wildman–Crippen LogP) is 20.3. The molecule has 0 atom stereocenters. The Hall–Kier alpha value is -6.97. The second-order valence-electron chi connectivity index (χ2n) is 16.4. The van der Waals surface area contributed by atoms with Crippen LogP contribution in [0.5, 0.6) is 0 Å². The Labute approximate surface area is 419 Å². The van der Waals surface area contributed by atoms with E-state index < -0.39 is 23.5 Å². The number of hydrogen-bond acceptors (Lipinski definition) is 2. The van der Waals surface area contributed by atoms with Gasteiger partial charge in [0.15, 0.2) is 0 Å². The van der Waals surface area contributed by atoms with E-state index in [4.69, 9.17) is 34.8 Å². The van der Waals surface area contributed by atoms with Crippen LogP contribution in [0.3, 0.4) is 0 Å². The van der Waals surface area contributed by atoms with Crippen LogP contribution in [0.4, 0.5) is 60.5 Å². The highest BCUT2D eigenvalue weighted by Gasteiger charge is 2.32. The van der Waals surface area contributed by atoms with Crippen molar-refractivity contribution < 1.29 is 26.3 Å². The maximum atomic E-state index is 13.6. The Morgan fingerprint density at radius 1 is 0.286 bits per heavy atom. The molecule has 0 aliphatic heterocycles. The smallest absolute Gasteiger partial charge is 0.310 e. The van der Waals surface area contributed by atoms with Crippen LogP contribution in [-0.4, -0.2) is 0 Å². The molecule has 0 aromatic heterocycles. The summed E-state index contributed by atoms with van der Waals surface area (Å²) >= 11 is 17.5. The zero-order chi connectivity index (χ0) is 50.0. The van der Waals surface area contributed by atoms with Gasteiger partial charge in [-0.25, -0.2) is 0 Å². The second-order valence-corrected chi connectivity index (χ2v) is 17.7. The summed E-state index contributed by atoms with van der Waals surface area (Å²) in [5.41, 5.74) is 10.2. The van der Waals surface area contributed by atoms with Gasteiger partial charge >= 0.3 is 12.4 Å². The van der Waals surface area contributed by atoms with Crippen molar-refractivity contribution in [2.45, 2.75) is 33.1 Å². The second kappa shape index (κ2) is 22.6. The van der Waals surface area contributed by atoms with Gasteiger partial charge in [0.05, 0.1) is 11.1 Å². The average Bonchev–Trinajstić information content (AvgIpc) is 3.33. The van der Waals surface area contributed by atoms with E-state index in [-0.39, 0.29) is 0 Å². The van der Waals surface area contributed by atoms with Gasteiger partial charge in [-0.3, -0.25) is 0 Å². The van der Waals surface area contributed by atoms with E-state index >= 15 is 0 Å². The van der Waals surface area contributed by atoms with Gasteiger partial charge in [-0.1, -0.05) is 143 Å². The largest absolute Gasteiger partial charge is 0.416 e. The van der Waals surface area contributed by atoms with Crippen LogP contribution in [0.25, 0.3) is 22.3 Å². The minimum Gasteiger partial charge on any atom is -0.310 e. The van der Waals surface area contributed by atoms with Gasteiger partial charge in [-0.15, -0.1) is 0 Å². The fraction of sp³-hybridized carbons (Fsp3) is 0.0847. The standard InChI is InChI=1S/C33H26F3N.C19H12Cl2F3N.C7H7Cl/c1-23-6-3-8-27(20-23)25-12-16-30(17-13-25)37(32-11-5-10-29(22-32)33(34,35)36)31-18-14-26(15-19-31)28-9-4-7-24(2)21-28;20-14-4-8-16(9-5-14)25(17-10-6-15(21)7-11-17)18-3-1-2-13(12-18)19(22,23)24;1-6-3-2-4-7(8)5-6/h3-22H,1-2H3;1-12H;2-5H,1H3. The number of benzene rings is 9. The number of nitrogens with zero attached hydrogens (tertiary/aromatic N) is 2. The first kappa shape index (κ1) is 50.9. The van der Waals surface area contributed by atoms with E-state index in [0.29, 0.717) is 32.8 Å². The quantitative estimate of drug-likeness (QED) is 0.140. The Kier molecular flexibility index (Phi) is 16.5. The number of alkyl halides is 6. The molecule has 70 heavy (non-hydrogen) atoms. The Balaban J connectivity index is 0.000000187. The lowest BCUT2D eigenvalue weighted by Gasteiger charge is -2.26. The molecule has 9 aromatic rings. The summed E-state index contributed by atoms with van der Waals surface area (Å²) in [7, 11) is 0. The molecule has 0 saturated carbocycles. The molecule has 9 rings (SSSR count). The number of aryl methyl sites for hydroxylation is 3. The van der Waals surface area contributed by atoms with E-state index in [1.807, 2.05) is 123 Å². The van der Waals surface area contributed by atoms with Crippen LogP contribution in [0.1, 0.15) is 27.8 Å². The van der Waals surface area contributed by atoms with Crippen molar-refractivity contribution in [2.24, 2.45) is 0 Å². The molecule has 0 saturated heterocycles. The van der Waals surface area contributed by atoms with Gasteiger partial charge in [-0.05, 0) is 170 Å². The summed E-state index contributed by atoms with van der Waals surface area (Å²) in [4.78, 5) is 3.57. The molecule has 2 nitrogen and oxygen atoms in total. The van der Waals surface area contributed by atoms with E-state index in [1.54, 1.807) is 65.6 Å². The van der Waals surface area contributed by atoms with E-state index in [2.05, 4.69) is 24.3 Å². The molecular formula is C59H45Cl3F6N2. The van der Waals surface area contributed by atoms with Gasteiger partial charge in [-0.2, -0.15) is 26.3 Å². The molecule has 0 N–H and O–H groups in total. The van der Waals surface area contributed by atoms with Gasteiger partial charge in [0.2, 0.25) is 0 Å². The number of rotatable bonds is 8. The summed E-state index contributed by atoms with van der Waals surface area (Å²) in [6, 6.07) is 64.4. The monoisotopic (exact) mass is 1000 g/mol. The predicted molar refractivity (Wildman–Crippen MR) is 279 cm³/mol. The Morgan fingerprint density at radius 2 is 0.600 bits per heavy atom. The van der Waals surface area contributed by atoms with E-state index in [9.17, 15) is 26.3 Å². The third kappa shape index (κ3) is 13.6. The van der Waals surface area contributed by atoms with E-state index in [0.717, 1.165) is 56.9 Å². The van der Waals surface area contributed by atoms with Crippen LogP contribution in [0.2, 0.25) is 15.1 Å². The SMILES string of the molecule is Cc1cccc(-c2ccc(N(c3ccc(-c4cccc(C)c4)cc3)c3cccc(C(F)(F)F)c3)cc2)c1.Cc1cccc(Cl)c1.FC(F)(F)c1cccc(N(c2ccc(Cl)cc2)c2ccc(Cl)cc2)c1. The first-order chi connectivity index (χ1) is 33.4. The van der Waals surface area contributed by atoms with Gasteiger partial charge < -0.3 is 9.80 Å². The van der Waals surface area contributed by atoms with Crippen LogP contribution < -0.4 is 9.80 Å². The topological polar surface area (TPSA) is 6.48 Å². The third-order valence-electron chi connectivity index (χ3n) is 11.0. The van der Waals surface area contributed by atoms with Gasteiger partial charge in [0.1, 0.15) is 0 Å². The number of anilines is 6. The minimum absolute atomic E-state index is 0.388. The molecule has 0 fully saturated rings. The lowest BCUT2D eigenvalue weighted by atomic mass is 10.0. The molecule has 9 aromatic carbocycles. The maximum Gasteiger partial charge on any atom is 0.416 e. The minimum atomic E-state index is -4.42. The Bertz CT molecular complexity index is 2980. The molecule has 0 aliphatic rings. The van der Waals surface area contributed by atoms with Crippen molar-refractivity contribution >= 4 is 68.9 Å². The molecule has 11 heteroatoms. The lowest BCUT2D eigenvalue weighted by Crippen LogP contribution is -2.12. The maximum absolute atomic E-state index is 13.6. The van der Waals surface area contributed by atoms with Crippen molar-refractivity contribution in [2.75, 3.05) is 9.80 Å². The summed E-state index contributed by atoms with van der Waals surface area (Å²) in [6.45, 7) is 6.12. The molecule has 354 valence electrons. The highest BCUT2D eigenvalue weighted by Crippen LogP contribution is 2.41. The normalized spacial score (nSPS) is 11.1. The van der Waals surface area contributed by atoms with Crippen molar-refractivity contribution in [3.05, 3.63) is 261 Å². The third-order valence-corrected chi connectivity index (χ3v) is 11.7. The van der Waals surface area contributed by atoms with Crippen molar-refractivity contribution in [1.82, 2.24) is 0 Å². The first-order valence-electron chi connectivity index (χ1n) is 21.9. The fourth-order valence-electron chi connectivity index (χ4n) is 7.58. The zero-order valence-corrected chi connectivity index (χ0v) is 40.3. The van der Waals surface area contributed by atoms with Crippen LogP contribution in [-0.2, 0) is 12.4 Å². The van der Waals surface area contributed by atoms with Gasteiger partial charge in [0.25, 0.3) is 0 Å². The highest BCUT2D eigenvalue weighted by atomic mass is 35.5. The molecule has 0 unspecified atom stereocenters. The number of hydrogen-bond donors (Lipinski definition) is 0. The summed E-state index contributed by atoms with van der Waals surface area (Å²) in [5.74, 6) is 0. The molecule has 0 bridgehead atoms. The molecular weight excluding hydrogens is 957 g/mol. The van der Waals surface area contributed by atoms with Crippen molar-refractivity contribution in [3.8, 4) is 22.3 Å². The average molecular weight is 1000 g/mol. The van der Waals surface area contributed by atoms with Crippen LogP contribution in [0.15, 0.2) is 218 Å². The molecule has 0 radical (unpaired) electrons. The van der Waals surface area contributed by atoms with Crippen LogP contribution >= 0.6 is 34.8 Å². The van der Waals surface area contributed by atoms with Crippen molar-refractivity contribution in [1.29, 1.82) is 0 Å². The summed E-state index contributed by atoms with van der Waals surface area (Å²) in [5, 5.41) is 1.90. The molecule has 0 heterocycles. The van der Waals surface area contributed by atoms with E-state index in [1.165, 1.54) is 34.9 Å². The first-order valence-corrected chi connectivity index (χ1v) is 23.1. The molecule has 0 spiro atoms. The number of halogens is 9. The summed E-state index contributed by atoms with van der Waals surface area (Å²) in [6.07, 6.45) is -8.84.